The molecule has 0 radical (unpaired) electrons. The Balaban J connectivity index is 3.13. The zero-order valence-corrected chi connectivity index (χ0v) is 11.4. The lowest BCUT2D eigenvalue weighted by Gasteiger charge is -2.14. The summed E-state index contributed by atoms with van der Waals surface area (Å²) >= 11 is 2.24. The highest BCUT2D eigenvalue weighted by Crippen LogP contribution is 2.31. The van der Waals surface area contributed by atoms with Crippen molar-refractivity contribution >= 4 is 22.6 Å². The van der Waals surface area contributed by atoms with E-state index in [-0.39, 0.29) is 6.04 Å². The molecule has 0 heterocycles. The first-order valence-electron chi connectivity index (χ1n) is 4.74. The highest BCUT2D eigenvalue weighted by Gasteiger charge is 2.11. The average molecular weight is 321 g/mol. The number of methoxy groups -OCH3 is 2. The highest BCUT2D eigenvalue weighted by atomic mass is 127. The van der Waals surface area contributed by atoms with E-state index in [1.54, 1.807) is 14.2 Å². The van der Waals surface area contributed by atoms with Crippen molar-refractivity contribution in [1.82, 2.24) is 0 Å². The van der Waals surface area contributed by atoms with Crippen molar-refractivity contribution < 1.29 is 9.47 Å². The van der Waals surface area contributed by atoms with E-state index in [0.717, 1.165) is 27.1 Å². The van der Waals surface area contributed by atoms with Crippen LogP contribution in [-0.2, 0) is 6.42 Å². The normalized spacial score (nSPS) is 12.3. The third-order valence-corrected chi connectivity index (χ3v) is 2.88. The second-order valence-corrected chi connectivity index (χ2v) is 4.65. The van der Waals surface area contributed by atoms with Crippen LogP contribution < -0.4 is 15.2 Å². The SMILES string of the molecule is COc1cc(I)c(OC)c(CC(C)N)c1. The van der Waals surface area contributed by atoms with Gasteiger partial charge in [-0.25, -0.2) is 0 Å². The van der Waals surface area contributed by atoms with Gasteiger partial charge in [0.05, 0.1) is 17.8 Å². The van der Waals surface area contributed by atoms with Gasteiger partial charge in [-0.3, -0.25) is 0 Å². The van der Waals surface area contributed by atoms with Crippen LogP contribution in [0.4, 0.5) is 0 Å². The topological polar surface area (TPSA) is 44.5 Å². The molecule has 1 aromatic carbocycles. The molecule has 1 rings (SSSR count). The van der Waals surface area contributed by atoms with Gasteiger partial charge >= 0.3 is 0 Å². The van der Waals surface area contributed by atoms with Crippen molar-refractivity contribution in [3.63, 3.8) is 0 Å². The first-order chi connectivity index (χ1) is 7.08. The minimum absolute atomic E-state index is 0.113. The fourth-order valence-corrected chi connectivity index (χ4v) is 2.34. The fraction of sp³-hybridized carbons (Fsp3) is 0.455. The number of hydrogen-bond acceptors (Lipinski definition) is 3. The first kappa shape index (κ1) is 12.6. The third-order valence-electron chi connectivity index (χ3n) is 2.08. The number of nitrogens with two attached hydrogens (primary N) is 1. The quantitative estimate of drug-likeness (QED) is 0.865. The van der Waals surface area contributed by atoms with Gasteiger partial charge in [-0.15, -0.1) is 0 Å². The molecule has 0 aliphatic rings. The number of benzene rings is 1. The average Bonchev–Trinajstić information content (AvgIpc) is 2.16. The summed E-state index contributed by atoms with van der Waals surface area (Å²) in [6, 6.07) is 4.04. The summed E-state index contributed by atoms with van der Waals surface area (Å²) in [6.45, 7) is 1.98. The maximum atomic E-state index is 5.79. The number of hydrogen-bond donors (Lipinski definition) is 1. The number of halogens is 1. The molecule has 1 atom stereocenters. The van der Waals surface area contributed by atoms with E-state index < -0.39 is 0 Å². The molecule has 0 fully saturated rings. The van der Waals surface area contributed by atoms with Gasteiger partial charge in [0.15, 0.2) is 0 Å². The van der Waals surface area contributed by atoms with Crippen LogP contribution in [0.2, 0.25) is 0 Å². The van der Waals surface area contributed by atoms with Gasteiger partial charge in [0.2, 0.25) is 0 Å². The molecule has 0 spiro atoms. The standard InChI is InChI=1S/C11H16INO2/c1-7(13)4-8-5-9(14-2)6-10(12)11(8)15-3/h5-7H,4,13H2,1-3H3. The van der Waals surface area contributed by atoms with E-state index in [1.165, 1.54) is 0 Å². The van der Waals surface area contributed by atoms with Gasteiger partial charge < -0.3 is 15.2 Å². The summed E-state index contributed by atoms with van der Waals surface area (Å²) in [5.74, 6) is 1.74. The minimum atomic E-state index is 0.113. The van der Waals surface area contributed by atoms with Gasteiger partial charge in [0.25, 0.3) is 0 Å². The molecule has 2 N–H and O–H groups in total. The van der Waals surface area contributed by atoms with Crippen molar-refractivity contribution in [3.8, 4) is 11.5 Å². The Hall–Kier alpha value is -0.490. The molecular formula is C11H16INO2. The highest BCUT2D eigenvalue weighted by molar-refractivity contribution is 14.1. The van der Waals surface area contributed by atoms with E-state index in [9.17, 15) is 0 Å². The Morgan fingerprint density at radius 2 is 2.00 bits per heavy atom. The zero-order valence-electron chi connectivity index (χ0n) is 9.21. The smallest absolute Gasteiger partial charge is 0.135 e. The summed E-state index contributed by atoms with van der Waals surface area (Å²) in [7, 11) is 3.34. The van der Waals surface area contributed by atoms with Gasteiger partial charge in [-0.05, 0) is 48.1 Å². The van der Waals surface area contributed by atoms with Gasteiger partial charge in [-0.1, -0.05) is 0 Å². The Bertz CT molecular complexity index is 340. The minimum Gasteiger partial charge on any atom is -0.497 e. The van der Waals surface area contributed by atoms with Crippen LogP contribution in [0.15, 0.2) is 12.1 Å². The summed E-state index contributed by atoms with van der Waals surface area (Å²) < 4.78 is 11.6. The molecule has 0 amide bonds. The number of ether oxygens (including phenoxy) is 2. The Morgan fingerprint density at radius 3 is 2.47 bits per heavy atom. The molecule has 84 valence electrons. The van der Waals surface area contributed by atoms with Crippen molar-refractivity contribution in [1.29, 1.82) is 0 Å². The monoisotopic (exact) mass is 321 g/mol. The molecule has 1 aromatic rings. The molecule has 0 aliphatic carbocycles. The molecule has 15 heavy (non-hydrogen) atoms. The summed E-state index contributed by atoms with van der Waals surface area (Å²) in [4.78, 5) is 0. The largest absolute Gasteiger partial charge is 0.497 e. The van der Waals surface area contributed by atoms with E-state index in [2.05, 4.69) is 22.6 Å². The van der Waals surface area contributed by atoms with Gasteiger partial charge in [0.1, 0.15) is 11.5 Å². The lowest BCUT2D eigenvalue weighted by molar-refractivity contribution is 0.395. The van der Waals surface area contributed by atoms with E-state index in [0.29, 0.717) is 0 Å². The van der Waals surface area contributed by atoms with Gasteiger partial charge in [0, 0.05) is 11.6 Å². The number of rotatable bonds is 4. The van der Waals surface area contributed by atoms with Crippen LogP contribution in [0.5, 0.6) is 11.5 Å². The predicted molar refractivity (Wildman–Crippen MR) is 69.6 cm³/mol. The van der Waals surface area contributed by atoms with E-state index >= 15 is 0 Å². The molecule has 0 aromatic heterocycles. The van der Waals surface area contributed by atoms with Crippen LogP contribution >= 0.6 is 22.6 Å². The van der Waals surface area contributed by atoms with Crippen LogP contribution in [0, 0.1) is 3.57 Å². The second kappa shape index (κ2) is 5.55. The van der Waals surface area contributed by atoms with Crippen LogP contribution in [0.1, 0.15) is 12.5 Å². The Morgan fingerprint density at radius 1 is 1.33 bits per heavy atom. The Kier molecular flexibility index (Phi) is 4.66. The van der Waals surface area contributed by atoms with Crippen molar-refractivity contribution in [2.45, 2.75) is 19.4 Å². The van der Waals surface area contributed by atoms with Crippen molar-refractivity contribution in [2.75, 3.05) is 14.2 Å². The summed E-state index contributed by atoms with van der Waals surface area (Å²) in [5.41, 5.74) is 6.88. The maximum Gasteiger partial charge on any atom is 0.135 e. The molecular weight excluding hydrogens is 305 g/mol. The summed E-state index contributed by atoms with van der Waals surface area (Å²) in [6.07, 6.45) is 0.788. The molecule has 4 heteroatoms. The zero-order chi connectivity index (χ0) is 11.4. The summed E-state index contributed by atoms with van der Waals surface area (Å²) in [5, 5.41) is 0. The molecule has 0 bridgehead atoms. The lowest BCUT2D eigenvalue weighted by Crippen LogP contribution is -2.18. The Labute approximate surface area is 104 Å². The van der Waals surface area contributed by atoms with E-state index in [1.807, 2.05) is 19.1 Å². The van der Waals surface area contributed by atoms with Crippen molar-refractivity contribution in [3.05, 3.63) is 21.3 Å². The maximum absolute atomic E-state index is 5.79. The first-order valence-corrected chi connectivity index (χ1v) is 5.82. The van der Waals surface area contributed by atoms with Gasteiger partial charge in [-0.2, -0.15) is 0 Å². The van der Waals surface area contributed by atoms with Crippen LogP contribution in [-0.4, -0.2) is 20.3 Å². The van der Waals surface area contributed by atoms with E-state index in [4.69, 9.17) is 15.2 Å². The molecule has 0 aliphatic heterocycles. The second-order valence-electron chi connectivity index (χ2n) is 3.48. The molecule has 1 unspecified atom stereocenters. The third kappa shape index (κ3) is 3.24. The predicted octanol–water partition coefficient (Wildman–Crippen LogP) is 2.20. The van der Waals surface area contributed by atoms with Crippen LogP contribution in [0.25, 0.3) is 0 Å². The lowest BCUT2D eigenvalue weighted by atomic mass is 10.1. The van der Waals surface area contributed by atoms with Crippen molar-refractivity contribution in [2.24, 2.45) is 5.73 Å². The fourth-order valence-electron chi connectivity index (χ4n) is 1.47. The molecule has 0 saturated heterocycles. The van der Waals surface area contributed by atoms with Crippen LogP contribution in [0.3, 0.4) is 0 Å². The molecule has 0 saturated carbocycles. The molecule has 3 nitrogen and oxygen atoms in total.